The van der Waals surface area contributed by atoms with Crippen LogP contribution in [0.1, 0.15) is 26.5 Å². The molecule has 8 nitrogen and oxygen atoms in total. The van der Waals surface area contributed by atoms with E-state index < -0.39 is 15.6 Å². The lowest BCUT2D eigenvalue weighted by atomic mass is 10.1. The van der Waals surface area contributed by atoms with Crippen molar-refractivity contribution in [1.29, 1.82) is 0 Å². The summed E-state index contributed by atoms with van der Waals surface area (Å²) in [5, 5.41) is 3.73. The summed E-state index contributed by atoms with van der Waals surface area (Å²) in [6, 6.07) is 10.8. The molecule has 4 aromatic rings. The van der Waals surface area contributed by atoms with Crippen LogP contribution in [0.5, 0.6) is 0 Å². The predicted octanol–water partition coefficient (Wildman–Crippen LogP) is 4.57. The fourth-order valence-electron chi connectivity index (χ4n) is 3.09. The zero-order valence-electron chi connectivity index (χ0n) is 17.5. The topological polar surface area (TPSA) is 128 Å². The third-order valence-corrected chi connectivity index (χ3v) is 6.33. The van der Waals surface area contributed by atoms with Crippen molar-refractivity contribution >= 4 is 54.5 Å². The van der Waals surface area contributed by atoms with E-state index >= 15 is 0 Å². The van der Waals surface area contributed by atoms with Crippen LogP contribution in [-0.2, 0) is 9.73 Å². The van der Waals surface area contributed by atoms with Crippen LogP contribution >= 0.6 is 11.3 Å². The van der Waals surface area contributed by atoms with E-state index in [4.69, 9.17) is 10.2 Å². The molecule has 0 aliphatic carbocycles. The summed E-state index contributed by atoms with van der Waals surface area (Å²) >= 11 is 1.48. The summed E-state index contributed by atoms with van der Waals surface area (Å²) in [6.45, 7) is 1.80. The van der Waals surface area contributed by atoms with Gasteiger partial charge < -0.3 is 15.5 Å². The van der Waals surface area contributed by atoms with Crippen molar-refractivity contribution < 1.29 is 18.2 Å². The average Bonchev–Trinajstić information content (AvgIpc) is 3.32. The molecule has 3 N–H and O–H groups in total. The van der Waals surface area contributed by atoms with Gasteiger partial charge in [-0.15, -0.1) is 11.3 Å². The molecule has 0 radical (unpaired) electrons. The Bertz CT molecular complexity index is 1480. The largest absolute Gasteiger partial charge is 0.459 e. The Morgan fingerprint density at radius 2 is 1.97 bits per heavy atom. The minimum Gasteiger partial charge on any atom is -0.459 e. The van der Waals surface area contributed by atoms with Gasteiger partial charge in [-0.25, -0.2) is 9.19 Å². The number of nitrogens with zero attached hydrogens (tertiary/aromatic N) is 2. The van der Waals surface area contributed by atoms with E-state index in [0.717, 1.165) is 20.5 Å². The standard InChI is InChI=1S/C22H20N4O4S2/c1-12-6-7-30-19(12)22(28)25-15-4-5-17-13(8-15)10-18(31-17)16-9-14(11-24-20(16)23)21(27)26-32(2,3)29/h4-11H,1-3H3,(H2,23,24)(H,25,28). The summed E-state index contributed by atoms with van der Waals surface area (Å²) < 4.78 is 21.8. The second-order valence-corrected chi connectivity index (χ2v) is 11.1. The van der Waals surface area contributed by atoms with Gasteiger partial charge in [0.25, 0.3) is 11.8 Å². The third-order valence-electron chi connectivity index (χ3n) is 4.58. The molecule has 4 rings (SSSR count). The molecule has 0 spiro atoms. The molecular weight excluding hydrogens is 448 g/mol. The van der Waals surface area contributed by atoms with Gasteiger partial charge in [0.05, 0.1) is 11.8 Å². The van der Waals surface area contributed by atoms with Gasteiger partial charge in [0.15, 0.2) is 5.76 Å². The van der Waals surface area contributed by atoms with Gasteiger partial charge >= 0.3 is 0 Å². The van der Waals surface area contributed by atoms with Crippen LogP contribution in [0.4, 0.5) is 11.5 Å². The molecule has 0 unspecified atom stereocenters. The van der Waals surface area contributed by atoms with E-state index in [0.29, 0.717) is 11.3 Å². The molecule has 0 aliphatic rings. The molecular formula is C22H20N4O4S2. The molecule has 0 bridgehead atoms. The van der Waals surface area contributed by atoms with Gasteiger partial charge in [-0.1, -0.05) is 0 Å². The lowest BCUT2D eigenvalue weighted by Gasteiger charge is -2.04. The maximum absolute atomic E-state index is 12.4. The Morgan fingerprint density at radius 1 is 1.19 bits per heavy atom. The molecule has 0 aliphatic heterocycles. The summed E-state index contributed by atoms with van der Waals surface area (Å²) in [5.41, 5.74) is 8.24. The number of pyridine rings is 1. The molecule has 0 atom stereocenters. The van der Waals surface area contributed by atoms with Gasteiger partial charge in [0.1, 0.15) is 5.82 Å². The fraction of sp³-hybridized carbons (Fsp3) is 0.136. The summed E-state index contributed by atoms with van der Waals surface area (Å²) in [4.78, 5) is 29.7. The fourth-order valence-corrected chi connectivity index (χ4v) is 4.66. The Labute approximate surface area is 188 Å². The Hall–Kier alpha value is -3.50. The van der Waals surface area contributed by atoms with Gasteiger partial charge in [-0.05, 0) is 48.7 Å². The van der Waals surface area contributed by atoms with Crippen molar-refractivity contribution in [2.75, 3.05) is 23.6 Å². The second kappa shape index (κ2) is 8.21. The van der Waals surface area contributed by atoms with Gasteiger partial charge in [0.2, 0.25) is 0 Å². The van der Waals surface area contributed by atoms with Crippen molar-refractivity contribution in [2.45, 2.75) is 6.92 Å². The number of aryl methyl sites for hydroxylation is 1. The summed E-state index contributed by atoms with van der Waals surface area (Å²) in [7, 11) is -2.59. The number of rotatable bonds is 4. The third kappa shape index (κ3) is 4.56. The minimum absolute atomic E-state index is 0.213. The number of aromatic nitrogens is 1. The van der Waals surface area contributed by atoms with E-state index in [1.807, 2.05) is 18.2 Å². The molecule has 10 heteroatoms. The van der Waals surface area contributed by atoms with Crippen molar-refractivity contribution in [3.8, 4) is 10.4 Å². The van der Waals surface area contributed by atoms with Crippen molar-refractivity contribution in [2.24, 2.45) is 4.36 Å². The zero-order chi connectivity index (χ0) is 23.0. The second-order valence-electron chi connectivity index (χ2n) is 7.48. The molecule has 0 saturated carbocycles. The first-order valence-corrected chi connectivity index (χ1v) is 12.6. The van der Waals surface area contributed by atoms with Crippen LogP contribution in [0.2, 0.25) is 0 Å². The first-order chi connectivity index (χ1) is 15.1. The van der Waals surface area contributed by atoms with Crippen molar-refractivity contribution in [3.05, 3.63) is 65.7 Å². The quantitative estimate of drug-likeness (QED) is 0.452. The minimum atomic E-state index is -2.59. The molecule has 32 heavy (non-hydrogen) atoms. The van der Waals surface area contributed by atoms with Crippen LogP contribution in [0.15, 0.2) is 57.6 Å². The van der Waals surface area contributed by atoms with Gasteiger partial charge in [0, 0.05) is 54.8 Å². The number of nitrogen functional groups attached to an aromatic ring is 1. The lowest BCUT2D eigenvalue weighted by molar-refractivity contribution is 0.0991. The maximum atomic E-state index is 12.4. The highest BCUT2D eigenvalue weighted by atomic mass is 32.2. The zero-order valence-corrected chi connectivity index (χ0v) is 19.2. The van der Waals surface area contributed by atoms with E-state index in [1.54, 1.807) is 25.1 Å². The highest BCUT2D eigenvalue weighted by molar-refractivity contribution is 7.92. The number of carbonyl (C=O) groups excluding carboxylic acids is 2. The normalized spacial score (nSPS) is 11.5. The maximum Gasteiger partial charge on any atom is 0.291 e. The van der Waals surface area contributed by atoms with E-state index in [2.05, 4.69) is 14.7 Å². The highest BCUT2D eigenvalue weighted by Crippen LogP contribution is 2.37. The highest BCUT2D eigenvalue weighted by Gasteiger charge is 2.16. The number of hydrogen-bond donors (Lipinski definition) is 2. The lowest BCUT2D eigenvalue weighted by Crippen LogP contribution is -2.11. The smallest absolute Gasteiger partial charge is 0.291 e. The van der Waals surface area contributed by atoms with E-state index in [1.165, 1.54) is 36.3 Å². The van der Waals surface area contributed by atoms with Crippen LogP contribution in [0.25, 0.3) is 20.5 Å². The first kappa shape index (κ1) is 21.7. The number of nitrogens with two attached hydrogens (primary N) is 1. The average molecular weight is 469 g/mol. The van der Waals surface area contributed by atoms with Crippen LogP contribution < -0.4 is 11.1 Å². The molecule has 3 heterocycles. The summed E-state index contributed by atoms with van der Waals surface area (Å²) in [5.74, 6) is -0.393. The number of hydrogen-bond acceptors (Lipinski definition) is 7. The Balaban J connectivity index is 1.67. The number of furan rings is 1. The molecule has 0 fully saturated rings. The monoisotopic (exact) mass is 468 g/mol. The number of anilines is 2. The Morgan fingerprint density at radius 3 is 2.66 bits per heavy atom. The predicted molar refractivity (Wildman–Crippen MR) is 128 cm³/mol. The molecule has 1 aromatic carbocycles. The number of nitrogens with one attached hydrogen (secondary N) is 1. The molecule has 2 amide bonds. The van der Waals surface area contributed by atoms with E-state index in [9.17, 15) is 13.8 Å². The van der Waals surface area contributed by atoms with Gasteiger partial charge in [-0.2, -0.15) is 4.36 Å². The van der Waals surface area contributed by atoms with Crippen molar-refractivity contribution in [3.63, 3.8) is 0 Å². The number of amides is 2. The first-order valence-electron chi connectivity index (χ1n) is 9.47. The summed E-state index contributed by atoms with van der Waals surface area (Å²) in [6.07, 6.45) is 5.59. The molecule has 3 aromatic heterocycles. The Kier molecular flexibility index (Phi) is 5.57. The number of thiophene rings is 1. The van der Waals surface area contributed by atoms with Crippen LogP contribution in [0, 0.1) is 6.92 Å². The molecule has 164 valence electrons. The van der Waals surface area contributed by atoms with Crippen LogP contribution in [0.3, 0.4) is 0 Å². The van der Waals surface area contributed by atoms with Crippen LogP contribution in [-0.4, -0.2) is 33.5 Å². The van der Waals surface area contributed by atoms with Gasteiger partial charge in [-0.3, -0.25) is 9.59 Å². The number of fused-ring (bicyclic) bond motifs is 1. The number of benzene rings is 1. The van der Waals surface area contributed by atoms with Crippen molar-refractivity contribution in [1.82, 2.24) is 4.98 Å². The van der Waals surface area contributed by atoms with E-state index in [-0.39, 0.29) is 23.0 Å². The number of carbonyl (C=O) groups is 2. The SMILES string of the molecule is Cc1ccoc1C(=O)Nc1ccc2sc(-c3cc(C(=O)N=S(C)(C)=O)cnc3N)cc2c1. The molecule has 0 saturated heterocycles.